The fourth-order valence-electron chi connectivity index (χ4n) is 2.69. The van der Waals surface area contributed by atoms with Crippen LogP contribution in [0.1, 0.15) is 22.8 Å². The maximum Gasteiger partial charge on any atom is 0.416 e. The van der Waals surface area contributed by atoms with Gasteiger partial charge in [0.25, 0.3) is 0 Å². The van der Waals surface area contributed by atoms with Crippen LogP contribution < -0.4 is 0 Å². The number of nitrogens with zero attached hydrogens (tertiary/aromatic N) is 1. The third-order valence-electron chi connectivity index (χ3n) is 3.94. The smallest absolute Gasteiger partial charge is 0.416 e. The average molecular weight is 395 g/mol. The topological polar surface area (TPSA) is 103 Å². The molecular formula is C18H12F3NO6. The summed E-state index contributed by atoms with van der Waals surface area (Å²) in [6, 6.07) is 5.77. The molecule has 0 atom stereocenters. The van der Waals surface area contributed by atoms with Gasteiger partial charge in [-0.2, -0.15) is 13.2 Å². The largest absolute Gasteiger partial charge is 0.502 e. The van der Waals surface area contributed by atoms with Gasteiger partial charge in [0, 0.05) is 10.9 Å². The maximum absolute atomic E-state index is 12.8. The molecule has 0 radical (unpaired) electrons. The number of hydrogen-bond acceptors (Lipinski definition) is 6. The number of carbonyl (C=O) groups excluding carboxylic acids is 1. The Balaban J connectivity index is 2.24. The molecule has 0 aliphatic rings. The lowest BCUT2D eigenvalue weighted by molar-refractivity contribution is -0.385. The van der Waals surface area contributed by atoms with E-state index < -0.39 is 34.1 Å². The fourth-order valence-corrected chi connectivity index (χ4v) is 2.69. The van der Waals surface area contributed by atoms with Crippen LogP contribution in [-0.2, 0) is 10.9 Å². The Morgan fingerprint density at radius 2 is 1.89 bits per heavy atom. The predicted molar refractivity (Wildman–Crippen MR) is 90.9 cm³/mol. The van der Waals surface area contributed by atoms with Crippen LogP contribution in [0.3, 0.4) is 0 Å². The minimum absolute atomic E-state index is 0.0108. The first kappa shape index (κ1) is 19.2. The number of phenolic OH excluding ortho intramolecular Hbond substituents is 1. The number of esters is 1. The summed E-state index contributed by atoms with van der Waals surface area (Å²) in [7, 11) is 0. The first-order chi connectivity index (χ1) is 13.1. The minimum atomic E-state index is -4.54. The Kier molecular flexibility index (Phi) is 4.72. The van der Waals surface area contributed by atoms with E-state index in [1.807, 2.05) is 0 Å². The number of hydrogen-bond donors (Lipinski definition) is 1. The van der Waals surface area contributed by atoms with E-state index in [1.165, 1.54) is 0 Å². The van der Waals surface area contributed by atoms with Gasteiger partial charge >= 0.3 is 17.8 Å². The van der Waals surface area contributed by atoms with Gasteiger partial charge in [0.1, 0.15) is 16.9 Å². The molecule has 3 aromatic rings. The Bertz CT molecular complexity index is 1070. The lowest BCUT2D eigenvalue weighted by atomic mass is 10.0. The number of nitro benzene ring substituents is 1. The zero-order chi connectivity index (χ0) is 20.6. The van der Waals surface area contributed by atoms with Gasteiger partial charge in [-0.1, -0.05) is 12.1 Å². The molecule has 0 aliphatic heterocycles. The molecule has 0 bridgehead atoms. The van der Waals surface area contributed by atoms with Crippen molar-refractivity contribution in [3.63, 3.8) is 0 Å². The summed E-state index contributed by atoms with van der Waals surface area (Å²) in [5.41, 5.74) is -1.65. The predicted octanol–water partition coefficient (Wildman–Crippen LogP) is 4.91. The van der Waals surface area contributed by atoms with Crippen LogP contribution in [0.25, 0.3) is 22.3 Å². The molecule has 0 saturated carbocycles. The van der Waals surface area contributed by atoms with E-state index in [-0.39, 0.29) is 34.5 Å². The summed E-state index contributed by atoms with van der Waals surface area (Å²) < 4.78 is 48.8. The normalized spacial score (nSPS) is 11.6. The average Bonchev–Trinajstić information content (AvgIpc) is 2.98. The highest BCUT2D eigenvalue weighted by molar-refractivity contribution is 6.09. The van der Waals surface area contributed by atoms with Gasteiger partial charge in [-0.05, 0) is 25.1 Å². The Morgan fingerprint density at radius 1 is 1.25 bits per heavy atom. The monoisotopic (exact) mass is 395 g/mol. The van der Waals surface area contributed by atoms with Crippen LogP contribution in [0.4, 0.5) is 18.9 Å². The molecule has 1 aromatic heterocycles. The fraction of sp³-hybridized carbons (Fsp3) is 0.167. The van der Waals surface area contributed by atoms with E-state index in [0.717, 1.165) is 36.4 Å². The van der Waals surface area contributed by atoms with Crippen molar-refractivity contribution in [2.45, 2.75) is 13.1 Å². The van der Waals surface area contributed by atoms with Gasteiger partial charge in [0.2, 0.25) is 0 Å². The number of rotatable bonds is 4. The van der Waals surface area contributed by atoms with E-state index in [1.54, 1.807) is 6.92 Å². The van der Waals surface area contributed by atoms with E-state index in [9.17, 15) is 33.2 Å². The summed E-state index contributed by atoms with van der Waals surface area (Å²) in [5, 5.41) is 20.9. The van der Waals surface area contributed by atoms with E-state index in [4.69, 9.17) is 9.15 Å². The highest BCUT2D eigenvalue weighted by Gasteiger charge is 2.31. The molecule has 146 valence electrons. The lowest BCUT2D eigenvalue weighted by Crippen LogP contribution is -2.06. The Morgan fingerprint density at radius 3 is 2.43 bits per heavy atom. The number of fused-ring (bicyclic) bond motifs is 1. The SMILES string of the molecule is CCOC(=O)c1c(-c2ccc(C(F)(F)F)cc2)oc2cc([N+](=O)[O-])c(O)cc12. The van der Waals surface area contributed by atoms with Gasteiger partial charge in [0.15, 0.2) is 5.75 Å². The number of alkyl halides is 3. The zero-order valence-electron chi connectivity index (χ0n) is 14.2. The quantitative estimate of drug-likeness (QED) is 0.383. The van der Waals surface area contributed by atoms with Gasteiger partial charge in [-0.3, -0.25) is 10.1 Å². The zero-order valence-corrected chi connectivity index (χ0v) is 14.2. The van der Waals surface area contributed by atoms with E-state index in [2.05, 4.69) is 0 Å². The number of carbonyl (C=O) groups is 1. The summed E-state index contributed by atoms with van der Waals surface area (Å²) in [6.07, 6.45) is -4.54. The summed E-state index contributed by atoms with van der Waals surface area (Å²) in [6.45, 7) is 1.57. The van der Waals surface area contributed by atoms with Crippen molar-refractivity contribution >= 4 is 22.6 Å². The van der Waals surface area contributed by atoms with Crippen molar-refractivity contribution in [2.75, 3.05) is 6.61 Å². The van der Waals surface area contributed by atoms with Crippen LogP contribution in [0.15, 0.2) is 40.8 Å². The summed E-state index contributed by atoms with van der Waals surface area (Å²) >= 11 is 0. The Labute approximate surface area is 155 Å². The molecule has 0 saturated heterocycles. The van der Waals surface area contributed by atoms with Crippen LogP contribution in [0.2, 0.25) is 0 Å². The molecule has 10 heteroatoms. The number of aromatic hydroxyl groups is 1. The lowest BCUT2D eigenvalue weighted by Gasteiger charge is -2.07. The van der Waals surface area contributed by atoms with Crippen molar-refractivity contribution in [1.29, 1.82) is 0 Å². The molecule has 3 rings (SSSR count). The van der Waals surface area contributed by atoms with Crippen LogP contribution in [0.5, 0.6) is 5.75 Å². The molecule has 2 aromatic carbocycles. The molecule has 0 aliphatic carbocycles. The second-order valence-corrected chi connectivity index (χ2v) is 5.70. The highest BCUT2D eigenvalue weighted by Crippen LogP contribution is 2.40. The van der Waals surface area contributed by atoms with E-state index >= 15 is 0 Å². The standard InChI is InChI=1S/C18H12F3NO6/c1-2-27-17(24)15-11-7-13(23)12(22(25)26)8-14(11)28-16(15)9-3-5-10(6-4-9)18(19,20)21/h3-8,23H,2H2,1H3. The highest BCUT2D eigenvalue weighted by atomic mass is 19.4. The van der Waals surface area contributed by atoms with Gasteiger partial charge in [-0.15, -0.1) is 0 Å². The van der Waals surface area contributed by atoms with E-state index in [0.29, 0.717) is 0 Å². The minimum Gasteiger partial charge on any atom is -0.502 e. The van der Waals surface area contributed by atoms with Crippen molar-refractivity contribution in [3.8, 4) is 17.1 Å². The van der Waals surface area contributed by atoms with Crippen molar-refractivity contribution < 1.29 is 37.1 Å². The van der Waals surface area contributed by atoms with Crippen LogP contribution in [0, 0.1) is 10.1 Å². The first-order valence-corrected chi connectivity index (χ1v) is 7.92. The number of halogens is 3. The molecule has 0 fully saturated rings. The number of phenols is 1. The molecule has 1 heterocycles. The molecule has 7 nitrogen and oxygen atoms in total. The second kappa shape index (κ2) is 6.87. The number of benzene rings is 2. The number of nitro groups is 1. The summed E-state index contributed by atoms with van der Waals surface area (Å²) in [5.74, 6) is -1.66. The van der Waals surface area contributed by atoms with Crippen molar-refractivity contribution in [2.24, 2.45) is 0 Å². The van der Waals surface area contributed by atoms with Gasteiger partial charge in [0.05, 0.1) is 23.2 Å². The number of ether oxygens (including phenoxy) is 1. The van der Waals surface area contributed by atoms with Gasteiger partial charge in [-0.25, -0.2) is 4.79 Å². The van der Waals surface area contributed by atoms with Crippen molar-refractivity contribution in [3.05, 3.63) is 57.6 Å². The molecule has 0 spiro atoms. The molecular weight excluding hydrogens is 383 g/mol. The van der Waals surface area contributed by atoms with Crippen LogP contribution >= 0.6 is 0 Å². The third kappa shape index (κ3) is 3.36. The van der Waals surface area contributed by atoms with Crippen LogP contribution in [-0.4, -0.2) is 22.6 Å². The second-order valence-electron chi connectivity index (χ2n) is 5.70. The third-order valence-corrected chi connectivity index (χ3v) is 3.94. The summed E-state index contributed by atoms with van der Waals surface area (Å²) in [4.78, 5) is 22.6. The maximum atomic E-state index is 12.8. The molecule has 1 N–H and O–H groups in total. The molecule has 0 amide bonds. The van der Waals surface area contributed by atoms with Gasteiger partial charge < -0.3 is 14.3 Å². The molecule has 28 heavy (non-hydrogen) atoms. The van der Waals surface area contributed by atoms with Crippen molar-refractivity contribution in [1.82, 2.24) is 0 Å². The molecule has 0 unspecified atom stereocenters. The Hall–Kier alpha value is -3.56. The number of furan rings is 1. The first-order valence-electron chi connectivity index (χ1n) is 7.92.